The van der Waals surface area contributed by atoms with Gasteiger partial charge in [0.05, 0.1) is 0 Å². The zero-order chi connectivity index (χ0) is 17.4. The number of halogens is 1. The molecule has 0 radical (unpaired) electrons. The van der Waals surface area contributed by atoms with Crippen molar-refractivity contribution >= 4 is 11.6 Å². The van der Waals surface area contributed by atoms with Gasteiger partial charge in [0.25, 0.3) is 0 Å². The monoisotopic (exact) mass is 345 g/mol. The minimum atomic E-state index is -0.594. The van der Waals surface area contributed by atoms with Crippen LogP contribution in [0.3, 0.4) is 0 Å². The Hall–Kier alpha value is -1.81. The van der Waals surface area contributed by atoms with E-state index in [9.17, 15) is 5.11 Å². The van der Waals surface area contributed by atoms with Gasteiger partial charge in [0.1, 0.15) is 18.5 Å². The second kappa shape index (κ2) is 9.48. The number of hydrogen-bond donors (Lipinski definition) is 2. The van der Waals surface area contributed by atoms with Crippen LogP contribution >= 0.6 is 11.6 Å². The number of para-hydroxylation sites is 1. The van der Waals surface area contributed by atoms with Gasteiger partial charge in [-0.15, -0.1) is 6.58 Å². The zero-order valence-electron chi connectivity index (χ0n) is 13.9. The van der Waals surface area contributed by atoms with E-state index < -0.39 is 6.10 Å². The van der Waals surface area contributed by atoms with E-state index in [-0.39, 0.29) is 12.6 Å². The summed E-state index contributed by atoms with van der Waals surface area (Å²) in [6.45, 7) is 6.47. The Labute approximate surface area is 148 Å². The summed E-state index contributed by atoms with van der Waals surface area (Å²) in [6.07, 6.45) is 1.99. The molecule has 0 aliphatic rings. The number of aliphatic hydroxyl groups excluding tert-OH is 1. The van der Waals surface area contributed by atoms with Crippen LogP contribution in [0.4, 0.5) is 0 Å². The van der Waals surface area contributed by atoms with E-state index in [1.165, 1.54) is 0 Å². The quantitative estimate of drug-likeness (QED) is 0.670. The number of allylic oxidation sites excluding steroid dienone is 1. The molecule has 0 saturated carbocycles. The van der Waals surface area contributed by atoms with Crippen LogP contribution in [-0.4, -0.2) is 24.4 Å². The smallest absolute Gasteiger partial charge is 0.122 e. The summed E-state index contributed by atoms with van der Waals surface area (Å²) in [5.41, 5.74) is 2.16. The summed E-state index contributed by atoms with van der Waals surface area (Å²) in [5.74, 6) is 0.791. The van der Waals surface area contributed by atoms with Gasteiger partial charge in [-0.1, -0.05) is 48.0 Å². The molecule has 2 aromatic carbocycles. The van der Waals surface area contributed by atoms with E-state index in [4.69, 9.17) is 16.3 Å². The average molecular weight is 346 g/mol. The zero-order valence-corrected chi connectivity index (χ0v) is 14.7. The van der Waals surface area contributed by atoms with Crippen LogP contribution in [0.2, 0.25) is 5.02 Å². The van der Waals surface area contributed by atoms with Gasteiger partial charge in [0, 0.05) is 17.6 Å². The topological polar surface area (TPSA) is 41.5 Å². The van der Waals surface area contributed by atoms with E-state index in [2.05, 4.69) is 11.9 Å². The summed E-state index contributed by atoms with van der Waals surface area (Å²) >= 11 is 6.01. The SMILES string of the molecule is C=CCc1ccccc1OCC(O)CNC(C)c1cccc(Cl)c1. The summed E-state index contributed by atoms with van der Waals surface area (Å²) in [7, 11) is 0. The first-order valence-electron chi connectivity index (χ1n) is 8.08. The second-order valence-corrected chi connectivity index (χ2v) is 6.19. The minimum absolute atomic E-state index is 0.103. The van der Waals surface area contributed by atoms with E-state index in [0.29, 0.717) is 11.6 Å². The van der Waals surface area contributed by atoms with Crippen molar-refractivity contribution in [1.82, 2.24) is 5.32 Å². The first-order valence-corrected chi connectivity index (χ1v) is 8.46. The van der Waals surface area contributed by atoms with Crippen LogP contribution in [0.15, 0.2) is 61.2 Å². The molecule has 3 nitrogen and oxygen atoms in total. The lowest BCUT2D eigenvalue weighted by Crippen LogP contribution is -2.33. The Morgan fingerprint density at radius 2 is 2.04 bits per heavy atom. The summed E-state index contributed by atoms with van der Waals surface area (Å²) < 4.78 is 5.75. The Balaban J connectivity index is 1.81. The predicted molar refractivity (Wildman–Crippen MR) is 99.7 cm³/mol. The lowest BCUT2D eigenvalue weighted by atomic mass is 10.1. The standard InChI is InChI=1S/C20H24ClNO2/c1-3-7-16-8-4-5-11-20(16)24-14-19(23)13-22-15(2)17-9-6-10-18(21)12-17/h3-6,8-12,15,19,22-23H,1,7,13-14H2,2H3. The van der Waals surface area contributed by atoms with Crippen molar-refractivity contribution in [3.05, 3.63) is 77.3 Å². The summed E-state index contributed by atoms with van der Waals surface area (Å²) in [6, 6.07) is 15.6. The number of ether oxygens (including phenoxy) is 1. The van der Waals surface area contributed by atoms with E-state index in [1.54, 1.807) is 0 Å². The molecule has 0 bridgehead atoms. The molecule has 2 rings (SSSR count). The summed E-state index contributed by atoms with van der Waals surface area (Å²) in [4.78, 5) is 0. The highest BCUT2D eigenvalue weighted by molar-refractivity contribution is 6.30. The highest BCUT2D eigenvalue weighted by Crippen LogP contribution is 2.19. The third-order valence-corrected chi connectivity index (χ3v) is 4.01. The molecule has 0 aliphatic carbocycles. The number of hydrogen-bond acceptors (Lipinski definition) is 3. The van der Waals surface area contributed by atoms with Crippen molar-refractivity contribution in [3.8, 4) is 5.75 Å². The van der Waals surface area contributed by atoms with Crippen LogP contribution in [0, 0.1) is 0 Å². The molecule has 2 N–H and O–H groups in total. The first-order chi connectivity index (χ1) is 11.6. The van der Waals surface area contributed by atoms with Gasteiger partial charge < -0.3 is 15.2 Å². The minimum Gasteiger partial charge on any atom is -0.491 e. The maximum Gasteiger partial charge on any atom is 0.122 e. The van der Waals surface area contributed by atoms with Crippen molar-refractivity contribution in [2.45, 2.75) is 25.5 Å². The molecule has 2 atom stereocenters. The van der Waals surface area contributed by atoms with Gasteiger partial charge in [-0.3, -0.25) is 0 Å². The normalized spacial score (nSPS) is 13.3. The average Bonchev–Trinajstić information content (AvgIpc) is 2.59. The highest BCUT2D eigenvalue weighted by Gasteiger charge is 2.11. The molecule has 0 saturated heterocycles. The third kappa shape index (κ3) is 5.68. The molecule has 128 valence electrons. The lowest BCUT2D eigenvalue weighted by Gasteiger charge is -2.19. The molecule has 0 spiro atoms. The molecular weight excluding hydrogens is 322 g/mol. The van der Waals surface area contributed by atoms with E-state index in [1.807, 2.05) is 61.5 Å². The van der Waals surface area contributed by atoms with Gasteiger partial charge in [-0.2, -0.15) is 0 Å². The van der Waals surface area contributed by atoms with Gasteiger partial charge in [0.2, 0.25) is 0 Å². The molecule has 0 amide bonds. The maximum absolute atomic E-state index is 10.1. The molecule has 24 heavy (non-hydrogen) atoms. The fourth-order valence-corrected chi connectivity index (χ4v) is 2.62. The van der Waals surface area contributed by atoms with Gasteiger partial charge in [0.15, 0.2) is 0 Å². The van der Waals surface area contributed by atoms with Crippen molar-refractivity contribution < 1.29 is 9.84 Å². The highest BCUT2D eigenvalue weighted by atomic mass is 35.5. The Kier molecular flexibility index (Phi) is 7.32. The molecule has 2 unspecified atom stereocenters. The molecule has 0 aliphatic heterocycles. The number of benzene rings is 2. The van der Waals surface area contributed by atoms with Crippen LogP contribution in [-0.2, 0) is 6.42 Å². The Morgan fingerprint density at radius 3 is 2.79 bits per heavy atom. The Bertz CT molecular complexity index is 660. The van der Waals surface area contributed by atoms with Gasteiger partial charge in [-0.25, -0.2) is 0 Å². The second-order valence-electron chi connectivity index (χ2n) is 5.75. The van der Waals surface area contributed by atoms with Crippen molar-refractivity contribution in [2.24, 2.45) is 0 Å². The summed E-state index contributed by atoms with van der Waals surface area (Å²) in [5, 5.41) is 14.2. The van der Waals surface area contributed by atoms with Crippen LogP contribution < -0.4 is 10.1 Å². The fraction of sp³-hybridized carbons (Fsp3) is 0.300. The predicted octanol–water partition coefficient (Wildman–Crippen LogP) is 4.16. The fourth-order valence-electron chi connectivity index (χ4n) is 2.42. The largest absolute Gasteiger partial charge is 0.491 e. The van der Waals surface area contributed by atoms with Crippen LogP contribution in [0.1, 0.15) is 24.1 Å². The Morgan fingerprint density at radius 1 is 1.25 bits per heavy atom. The van der Waals surface area contributed by atoms with Crippen molar-refractivity contribution in [1.29, 1.82) is 0 Å². The van der Waals surface area contributed by atoms with E-state index in [0.717, 1.165) is 23.3 Å². The number of rotatable bonds is 9. The number of nitrogens with one attached hydrogen (secondary N) is 1. The molecule has 2 aromatic rings. The lowest BCUT2D eigenvalue weighted by molar-refractivity contribution is 0.104. The molecule has 0 aromatic heterocycles. The van der Waals surface area contributed by atoms with Gasteiger partial charge >= 0.3 is 0 Å². The molecule has 0 heterocycles. The van der Waals surface area contributed by atoms with Crippen LogP contribution in [0.25, 0.3) is 0 Å². The molecular formula is C20H24ClNO2. The van der Waals surface area contributed by atoms with Crippen molar-refractivity contribution in [2.75, 3.05) is 13.2 Å². The number of aliphatic hydroxyl groups is 1. The molecule has 0 fully saturated rings. The third-order valence-electron chi connectivity index (χ3n) is 3.78. The molecule has 4 heteroatoms. The first kappa shape index (κ1) is 18.5. The van der Waals surface area contributed by atoms with Crippen LogP contribution in [0.5, 0.6) is 5.75 Å². The maximum atomic E-state index is 10.1. The van der Waals surface area contributed by atoms with Crippen molar-refractivity contribution in [3.63, 3.8) is 0 Å². The van der Waals surface area contributed by atoms with Gasteiger partial charge in [-0.05, 0) is 42.7 Å². The van der Waals surface area contributed by atoms with E-state index >= 15 is 0 Å².